The summed E-state index contributed by atoms with van der Waals surface area (Å²) in [6, 6.07) is -0.189. The highest BCUT2D eigenvalue weighted by atomic mass is 16.5. The first kappa shape index (κ1) is 18.5. The molecule has 158 valence electrons. The average Bonchev–Trinajstić information content (AvgIpc) is 3.34. The second-order valence-corrected chi connectivity index (χ2v) is 10.6. The van der Waals surface area contributed by atoms with Crippen LogP contribution >= 0.6 is 0 Å². The monoisotopic (exact) mass is 401 g/mol. The van der Waals surface area contributed by atoms with E-state index in [0.29, 0.717) is 6.42 Å². The zero-order valence-electron chi connectivity index (χ0n) is 17.3. The third kappa shape index (κ3) is 1.79. The van der Waals surface area contributed by atoms with Crippen molar-refractivity contribution in [3.8, 4) is 0 Å². The van der Waals surface area contributed by atoms with Gasteiger partial charge in [0.05, 0.1) is 31.2 Å². The van der Waals surface area contributed by atoms with Crippen LogP contribution in [-0.4, -0.2) is 65.8 Å². The number of methoxy groups -OCH3 is 1. The normalized spacial score (nSPS) is 52.6. The van der Waals surface area contributed by atoms with Crippen molar-refractivity contribution in [2.24, 2.45) is 40.4 Å². The minimum absolute atomic E-state index is 0.0297. The van der Waals surface area contributed by atoms with E-state index in [1.807, 2.05) is 0 Å². The second-order valence-electron chi connectivity index (χ2n) is 10.6. The molecule has 6 nitrogen and oxygen atoms in total. The molecule has 6 aliphatic rings. The van der Waals surface area contributed by atoms with E-state index in [1.54, 1.807) is 0 Å². The molecular weight excluding hydrogens is 370 g/mol. The SMILES string of the molecule is COC(=O)[C@@H]1C[C@]23C(=O)[C@@H]4[C@@H]5[C@H](O)[C@@]2(CO)[C@H](CCC2=C3[C@@H]1CC2)CN5C[C@H]4C. The lowest BCUT2D eigenvalue weighted by Crippen LogP contribution is -2.75. The average molecular weight is 402 g/mol. The van der Waals surface area contributed by atoms with Gasteiger partial charge in [-0.1, -0.05) is 18.1 Å². The molecule has 6 rings (SSSR count). The molecule has 0 unspecified atom stereocenters. The number of hydrogen-bond acceptors (Lipinski definition) is 6. The van der Waals surface area contributed by atoms with Crippen molar-refractivity contribution in [1.82, 2.24) is 4.90 Å². The second kappa shape index (κ2) is 5.71. The molecule has 0 aromatic rings. The summed E-state index contributed by atoms with van der Waals surface area (Å²) in [6.45, 7) is 3.61. The van der Waals surface area contributed by atoms with Gasteiger partial charge in [-0.3, -0.25) is 14.5 Å². The molecule has 2 saturated heterocycles. The van der Waals surface area contributed by atoms with Gasteiger partial charge < -0.3 is 14.9 Å². The Balaban J connectivity index is 1.65. The predicted molar refractivity (Wildman–Crippen MR) is 104 cm³/mol. The summed E-state index contributed by atoms with van der Waals surface area (Å²) >= 11 is 0. The van der Waals surface area contributed by atoms with E-state index in [-0.39, 0.29) is 54.0 Å². The highest BCUT2D eigenvalue weighted by Crippen LogP contribution is 2.74. The van der Waals surface area contributed by atoms with E-state index in [1.165, 1.54) is 12.7 Å². The van der Waals surface area contributed by atoms with E-state index >= 15 is 0 Å². The Kier molecular flexibility index (Phi) is 3.65. The number of allylic oxidation sites excluding steroid dienone is 2. The Hall–Kier alpha value is -1.24. The third-order valence-electron chi connectivity index (χ3n) is 10.0. The van der Waals surface area contributed by atoms with Crippen LogP contribution in [0.3, 0.4) is 0 Å². The summed E-state index contributed by atoms with van der Waals surface area (Å²) in [5, 5.41) is 22.7. The maximum Gasteiger partial charge on any atom is 0.309 e. The lowest BCUT2D eigenvalue weighted by Gasteiger charge is -2.64. The molecule has 0 aromatic carbocycles. The molecule has 0 amide bonds. The maximum atomic E-state index is 14.4. The molecular formula is C23H31NO5. The molecule has 2 heterocycles. The van der Waals surface area contributed by atoms with Crippen LogP contribution < -0.4 is 0 Å². The van der Waals surface area contributed by atoms with Crippen molar-refractivity contribution in [2.45, 2.75) is 51.2 Å². The summed E-state index contributed by atoms with van der Waals surface area (Å²) in [7, 11) is 1.42. The molecule has 0 radical (unpaired) electrons. The third-order valence-corrected chi connectivity index (χ3v) is 10.0. The smallest absolute Gasteiger partial charge is 0.309 e. The lowest BCUT2D eigenvalue weighted by atomic mass is 9.43. The Morgan fingerprint density at radius 2 is 2.03 bits per heavy atom. The van der Waals surface area contributed by atoms with Crippen molar-refractivity contribution < 1.29 is 24.5 Å². The number of esters is 1. The van der Waals surface area contributed by atoms with E-state index in [9.17, 15) is 19.8 Å². The standard InChI is InChI=1S/C23H31NO5/c1-11-8-24-9-13-5-3-12-4-6-14-15(21(28)29-2)7-22(17(12)14)19(26)16(11)18(24)20(27)23(13,22)10-25/h11,13-16,18,20,25,27H,3-10H2,1-2H3/t11-,13-,14-,15-,16+,18-,20+,22+,23-/m1/s1. The summed E-state index contributed by atoms with van der Waals surface area (Å²) < 4.78 is 5.17. The van der Waals surface area contributed by atoms with Crippen molar-refractivity contribution in [2.75, 3.05) is 26.8 Å². The topological polar surface area (TPSA) is 87.1 Å². The Morgan fingerprint density at radius 3 is 2.76 bits per heavy atom. The predicted octanol–water partition coefficient (Wildman–Crippen LogP) is 1.15. The van der Waals surface area contributed by atoms with Crippen molar-refractivity contribution in [3.63, 3.8) is 0 Å². The highest BCUT2D eigenvalue weighted by molar-refractivity contribution is 5.96. The fourth-order valence-corrected chi connectivity index (χ4v) is 9.14. The largest absolute Gasteiger partial charge is 0.469 e. The van der Waals surface area contributed by atoms with E-state index < -0.39 is 16.9 Å². The van der Waals surface area contributed by atoms with Gasteiger partial charge in [0.25, 0.3) is 0 Å². The fraction of sp³-hybridized carbons (Fsp3) is 0.826. The Labute approximate surface area is 171 Å². The lowest BCUT2D eigenvalue weighted by molar-refractivity contribution is -0.217. The van der Waals surface area contributed by atoms with Crippen molar-refractivity contribution in [3.05, 3.63) is 11.1 Å². The van der Waals surface area contributed by atoms with Crippen LogP contribution in [-0.2, 0) is 14.3 Å². The number of carbonyl (C=O) groups excluding carboxylic acids is 2. The zero-order valence-corrected chi connectivity index (χ0v) is 17.3. The van der Waals surface area contributed by atoms with Crippen molar-refractivity contribution in [1.29, 1.82) is 0 Å². The molecule has 2 bridgehead atoms. The molecule has 4 aliphatic carbocycles. The highest BCUT2D eigenvalue weighted by Gasteiger charge is 2.79. The van der Waals surface area contributed by atoms with Gasteiger partial charge in [0.2, 0.25) is 0 Å². The first-order valence-corrected chi connectivity index (χ1v) is 11.3. The Morgan fingerprint density at radius 1 is 1.28 bits per heavy atom. The van der Waals surface area contributed by atoms with Gasteiger partial charge in [-0.2, -0.15) is 0 Å². The quantitative estimate of drug-likeness (QED) is 0.533. The molecule has 6 heteroatoms. The zero-order chi connectivity index (χ0) is 20.3. The first-order chi connectivity index (χ1) is 13.9. The summed E-state index contributed by atoms with van der Waals surface area (Å²) in [4.78, 5) is 29.5. The number of hydrogen-bond donors (Lipinski definition) is 2. The van der Waals surface area contributed by atoms with E-state index in [0.717, 1.165) is 44.3 Å². The molecule has 2 saturated carbocycles. The van der Waals surface area contributed by atoms with E-state index in [2.05, 4.69) is 11.8 Å². The van der Waals surface area contributed by atoms with Crippen LogP contribution in [0, 0.1) is 40.4 Å². The molecule has 1 spiro atoms. The van der Waals surface area contributed by atoms with Gasteiger partial charge in [0.1, 0.15) is 5.78 Å². The number of Topliss-reactive ketones (excluding diaryl/α,β-unsaturated/α-hetero) is 1. The van der Waals surface area contributed by atoms with Crippen LogP contribution in [0.1, 0.15) is 39.0 Å². The van der Waals surface area contributed by atoms with Gasteiger partial charge in [-0.25, -0.2) is 0 Å². The number of carbonyl (C=O) groups is 2. The Bertz CT molecular complexity index is 837. The number of nitrogens with zero attached hydrogens (tertiary/aromatic N) is 1. The van der Waals surface area contributed by atoms with E-state index in [4.69, 9.17) is 4.74 Å². The van der Waals surface area contributed by atoms with Gasteiger partial charge >= 0.3 is 5.97 Å². The van der Waals surface area contributed by atoms with Gasteiger partial charge in [-0.05, 0) is 49.9 Å². The fourth-order valence-electron chi connectivity index (χ4n) is 9.14. The molecule has 0 aromatic heterocycles. The number of ketones is 1. The number of rotatable bonds is 2. The molecule has 2 aliphatic heterocycles. The number of ether oxygens (including phenoxy) is 1. The summed E-state index contributed by atoms with van der Waals surface area (Å²) in [5.74, 6) is -0.299. The minimum Gasteiger partial charge on any atom is -0.469 e. The van der Waals surface area contributed by atoms with Crippen LogP contribution in [0.25, 0.3) is 0 Å². The minimum atomic E-state index is -0.899. The molecule has 4 fully saturated rings. The van der Waals surface area contributed by atoms with Crippen LogP contribution in [0.5, 0.6) is 0 Å². The molecule has 2 N–H and O–H groups in total. The van der Waals surface area contributed by atoms with Crippen LogP contribution in [0.4, 0.5) is 0 Å². The number of aliphatic hydroxyl groups is 2. The van der Waals surface area contributed by atoms with Crippen molar-refractivity contribution >= 4 is 11.8 Å². The summed E-state index contributed by atoms with van der Waals surface area (Å²) in [6.07, 6.45) is 3.32. The number of piperidine rings is 1. The van der Waals surface area contributed by atoms with Gasteiger partial charge in [-0.15, -0.1) is 0 Å². The summed E-state index contributed by atoms with van der Waals surface area (Å²) in [5.41, 5.74) is 0.707. The molecule has 9 atom stereocenters. The van der Waals surface area contributed by atoms with Gasteiger partial charge in [0, 0.05) is 30.5 Å². The maximum absolute atomic E-state index is 14.4. The molecule has 29 heavy (non-hydrogen) atoms. The first-order valence-electron chi connectivity index (χ1n) is 11.3. The van der Waals surface area contributed by atoms with Gasteiger partial charge in [0.15, 0.2) is 0 Å². The van der Waals surface area contributed by atoms with Crippen LogP contribution in [0.2, 0.25) is 0 Å². The van der Waals surface area contributed by atoms with Crippen LogP contribution in [0.15, 0.2) is 11.1 Å². The number of aliphatic hydroxyl groups excluding tert-OH is 2.